The molecule has 4 rings (SSSR count). The summed E-state index contributed by atoms with van der Waals surface area (Å²) in [7, 11) is 0. The molecule has 0 spiro atoms. The van der Waals surface area contributed by atoms with Gasteiger partial charge in [-0.25, -0.2) is 4.98 Å². The van der Waals surface area contributed by atoms with Crippen LogP contribution in [0.25, 0.3) is 11.3 Å². The molecule has 2 aromatic carbocycles. The quantitative estimate of drug-likeness (QED) is 0.611. The van der Waals surface area contributed by atoms with Gasteiger partial charge >= 0.3 is 0 Å². The Kier molecular flexibility index (Phi) is 5.33. The Bertz CT molecular complexity index is 1110. The zero-order valence-corrected chi connectivity index (χ0v) is 17.2. The molecule has 1 N–H and O–H groups in total. The molecular weight excluding hydrogens is 402 g/mol. The number of benzene rings is 2. The lowest BCUT2D eigenvalue weighted by atomic mass is 10.1. The molecule has 30 heavy (non-hydrogen) atoms. The third-order valence-corrected chi connectivity index (χ3v) is 5.55. The van der Waals surface area contributed by atoms with E-state index in [0.717, 1.165) is 10.5 Å². The Balaban J connectivity index is 1.51. The predicted molar refractivity (Wildman–Crippen MR) is 114 cm³/mol. The first-order valence-corrected chi connectivity index (χ1v) is 10.3. The fourth-order valence-electron chi connectivity index (χ4n) is 3.30. The molecule has 3 aromatic rings. The van der Waals surface area contributed by atoms with Crippen molar-refractivity contribution < 1.29 is 19.1 Å². The molecule has 3 amide bonds. The van der Waals surface area contributed by atoms with Gasteiger partial charge < -0.3 is 10.1 Å². The van der Waals surface area contributed by atoms with Crippen LogP contribution in [0.2, 0.25) is 0 Å². The Morgan fingerprint density at radius 2 is 1.67 bits per heavy atom. The van der Waals surface area contributed by atoms with Crippen molar-refractivity contribution in [2.24, 2.45) is 0 Å². The van der Waals surface area contributed by atoms with Gasteiger partial charge in [0.15, 0.2) is 5.13 Å². The SMILES string of the molecule is CCOc1ccccc1-c1csc(NC(=O)C(C)N2C(=O)c3ccccc3C2=O)n1. The topological polar surface area (TPSA) is 88.6 Å². The first-order valence-electron chi connectivity index (χ1n) is 9.46. The lowest BCUT2D eigenvalue weighted by Crippen LogP contribution is -2.45. The second kappa shape index (κ2) is 8.08. The largest absolute Gasteiger partial charge is 0.493 e. The summed E-state index contributed by atoms with van der Waals surface area (Å²) in [6.07, 6.45) is 0. The summed E-state index contributed by atoms with van der Waals surface area (Å²) in [4.78, 5) is 43.4. The van der Waals surface area contributed by atoms with Crippen LogP contribution in [0.4, 0.5) is 5.13 Å². The molecule has 0 saturated heterocycles. The Labute approximate surface area is 177 Å². The van der Waals surface area contributed by atoms with Crippen molar-refractivity contribution >= 4 is 34.2 Å². The molecule has 1 unspecified atom stereocenters. The summed E-state index contributed by atoms with van der Waals surface area (Å²) in [5.41, 5.74) is 2.12. The monoisotopic (exact) mass is 421 g/mol. The van der Waals surface area contributed by atoms with Gasteiger partial charge in [0.25, 0.3) is 11.8 Å². The summed E-state index contributed by atoms with van der Waals surface area (Å²) < 4.78 is 5.64. The van der Waals surface area contributed by atoms with Crippen molar-refractivity contribution in [3.05, 3.63) is 65.0 Å². The van der Waals surface area contributed by atoms with Crippen molar-refractivity contribution in [2.45, 2.75) is 19.9 Å². The number of carbonyl (C=O) groups is 3. The minimum absolute atomic E-state index is 0.311. The third-order valence-electron chi connectivity index (χ3n) is 4.79. The van der Waals surface area contributed by atoms with Crippen LogP contribution in [-0.4, -0.2) is 40.3 Å². The summed E-state index contributed by atoms with van der Waals surface area (Å²) in [5, 5.41) is 4.91. The Hall–Kier alpha value is -3.52. The number of ether oxygens (including phenoxy) is 1. The number of aromatic nitrogens is 1. The molecule has 2 heterocycles. The molecule has 0 radical (unpaired) electrons. The van der Waals surface area contributed by atoms with Crippen LogP contribution in [0.5, 0.6) is 5.75 Å². The van der Waals surface area contributed by atoms with E-state index in [1.807, 2.05) is 36.6 Å². The van der Waals surface area contributed by atoms with Crippen LogP contribution in [0.3, 0.4) is 0 Å². The van der Waals surface area contributed by atoms with Gasteiger partial charge in [-0.05, 0) is 38.1 Å². The van der Waals surface area contributed by atoms with E-state index in [2.05, 4.69) is 10.3 Å². The number of anilines is 1. The highest BCUT2D eigenvalue weighted by Gasteiger charge is 2.40. The van der Waals surface area contributed by atoms with Crippen molar-refractivity contribution in [1.82, 2.24) is 9.88 Å². The maximum atomic E-state index is 12.7. The lowest BCUT2D eigenvalue weighted by Gasteiger charge is -2.21. The number of fused-ring (bicyclic) bond motifs is 1. The second-order valence-electron chi connectivity index (χ2n) is 6.66. The average Bonchev–Trinajstić information content (AvgIpc) is 3.31. The minimum Gasteiger partial charge on any atom is -0.493 e. The van der Waals surface area contributed by atoms with E-state index < -0.39 is 23.8 Å². The number of imide groups is 1. The van der Waals surface area contributed by atoms with Gasteiger partial charge in [0.2, 0.25) is 5.91 Å². The zero-order chi connectivity index (χ0) is 21.3. The van der Waals surface area contributed by atoms with E-state index in [-0.39, 0.29) is 0 Å². The molecule has 1 atom stereocenters. The van der Waals surface area contributed by atoms with Gasteiger partial charge in [-0.1, -0.05) is 24.3 Å². The average molecular weight is 421 g/mol. The predicted octanol–water partition coefficient (Wildman–Crippen LogP) is 3.83. The van der Waals surface area contributed by atoms with E-state index in [1.165, 1.54) is 18.3 Å². The smallest absolute Gasteiger partial charge is 0.262 e. The molecule has 1 aliphatic rings. The highest BCUT2D eigenvalue weighted by Crippen LogP contribution is 2.32. The first kappa shape index (κ1) is 19.8. The van der Waals surface area contributed by atoms with Crippen LogP contribution in [0, 0.1) is 0 Å². The van der Waals surface area contributed by atoms with Crippen LogP contribution in [0.15, 0.2) is 53.9 Å². The van der Waals surface area contributed by atoms with E-state index in [9.17, 15) is 14.4 Å². The van der Waals surface area contributed by atoms with Crippen LogP contribution >= 0.6 is 11.3 Å². The number of para-hydroxylation sites is 1. The van der Waals surface area contributed by atoms with Crippen molar-refractivity contribution in [1.29, 1.82) is 0 Å². The number of thiazole rings is 1. The van der Waals surface area contributed by atoms with E-state index >= 15 is 0 Å². The molecule has 152 valence electrons. The molecule has 1 aliphatic heterocycles. The van der Waals surface area contributed by atoms with Gasteiger partial charge in [-0.15, -0.1) is 11.3 Å². The molecular formula is C22H19N3O4S. The van der Waals surface area contributed by atoms with Crippen LogP contribution in [0.1, 0.15) is 34.6 Å². The molecule has 0 saturated carbocycles. The van der Waals surface area contributed by atoms with Gasteiger partial charge in [0.1, 0.15) is 11.8 Å². The maximum Gasteiger partial charge on any atom is 0.262 e. The van der Waals surface area contributed by atoms with Crippen LogP contribution < -0.4 is 10.1 Å². The van der Waals surface area contributed by atoms with E-state index in [4.69, 9.17) is 4.74 Å². The minimum atomic E-state index is -0.972. The number of hydrogen-bond acceptors (Lipinski definition) is 6. The van der Waals surface area contributed by atoms with E-state index in [1.54, 1.807) is 24.3 Å². The number of nitrogens with zero attached hydrogens (tertiary/aromatic N) is 2. The normalized spacial score (nSPS) is 13.9. The fourth-order valence-corrected chi connectivity index (χ4v) is 4.01. The second-order valence-corrected chi connectivity index (χ2v) is 7.52. The summed E-state index contributed by atoms with van der Waals surface area (Å²) >= 11 is 1.26. The lowest BCUT2D eigenvalue weighted by molar-refractivity contribution is -0.119. The Morgan fingerprint density at radius 3 is 2.30 bits per heavy atom. The molecule has 0 bridgehead atoms. The molecule has 1 aromatic heterocycles. The van der Waals surface area contributed by atoms with Gasteiger partial charge in [-0.2, -0.15) is 0 Å². The van der Waals surface area contributed by atoms with Crippen molar-refractivity contribution in [2.75, 3.05) is 11.9 Å². The highest BCUT2D eigenvalue weighted by molar-refractivity contribution is 7.14. The zero-order valence-electron chi connectivity index (χ0n) is 16.4. The number of amides is 3. The first-order chi connectivity index (χ1) is 14.5. The highest BCUT2D eigenvalue weighted by atomic mass is 32.1. The summed E-state index contributed by atoms with van der Waals surface area (Å²) in [6, 6.07) is 13.1. The number of nitrogens with one attached hydrogen (secondary N) is 1. The molecule has 8 heteroatoms. The number of hydrogen-bond donors (Lipinski definition) is 1. The number of carbonyl (C=O) groups excluding carboxylic acids is 3. The third kappa shape index (κ3) is 3.46. The maximum absolute atomic E-state index is 12.7. The number of rotatable bonds is 6. The van der Waals surface area contributed by atoms with Crippen LogP contribution in [-0.2, 0) is 4.79 Å². The summed E-state index contributed by atoms with van der Waals surface area (Å²) in [5.74, 6) is -0.710. The molecule has 7 nitrogen and oxygen atoms in total. The van der Waals surface area contributed by atoms with Crippen molar-refractivity contribution in [3.8, 4) is 17.0 Å². The standard InChI is InChI=1S/C22H19N3O4S/c1-3-29-18-11-7-6-10-16(18)17-12-30-22(23-17)24-19(26)13(2)25-20(27)14-8-4-5-9-15(14)21(25)28/h4-13H,3H2,1-2H3,(H,23,24,26). The van der Waals surface area contributed by atoms with E-state index in [0.29, 0.717) is 34.3 Å². The van der Waals surface area contributed by atoms with Gasteiger partial charge in [0.05, 0.1) is 23.4 Å². The molecule has 0 fully saturated rings. The summed E-state index contributed by atoms with van der Waals surface area (Å²) in [6.45, 7) is 3.96. The van der Waals surface area contributed by atoms with Gasteiger partial charge in [-0.3, -0.25) is 19.3 Å². The fraction of sp³-hybridized carbons (Fsp3) is 0.182. The molecule has 0 aliphatic carbocycles. The van der Waals surface area contributed by atoms with Crippen molar-refractivity contribution in [3.63, 3.8) is 0 Å². The van der Waals surface area contributed by atoms with Gasteiger partial charge in [0, 0.05) is 10.9 Å². The Morgan fingerprint density at radius 1 is 1.07 bits per heavy atom.